The Hall–Kier alpha value is -4.08. The van der Waals surface area contributed by atoms with Crippen LogP contribution >= 0.6 is 0 Å². The van der Waals surface area contributed by atoms with Gasteiger partial charge in [0, 0.05) is 24.6 Å². The molecule has 0 spiro atoms. The van der Waals surface area contributed by atoms with Crippen LogP contribution in [0.1, 0.15) is 13.3 Å². The van der Waals surface area contributed by atoms with Gasteiger partial charge in [0.2, 0.25) is 11.8 Å². The van der Waals surface area contributed by atoms with Crippen LogP contribution in [0.15, 0.2) is 53.6 Å². The summed E-state index contributed by atoms with van der Waals surface area (Å²) in [5.41, 5.74) is 0.572. The smallest absolute Gasteiger partial charge is 0.270 e. The minimum absolute atomic E-state index is 0.0562. The molecule has 3 aromatic rings. The number of carbonyl (C=O) groups excluding carboxylic acids is 2. The van der Waals surface area contributed by atoms with Gasteiger partial charge in [-0.3, -0.25) is 29.1 Å². The third-order valence-electron chi connectivity index (χ3n) is 4.95. The van der Waals surface area contributed by atoms with Gasteiger partial charge in [-0.25, -0.2) is 4.98 Å². The van der Waals surface area contributed by atoms with E-state index in [0.717, 1.165) is 10.6 Å². The molecule has 30 heavy (non-hydrogen) atoms. The summed E-state index contributed by atoms with van der Waals surface area (Å²) in [7, 11) is 0. The molecule has 1 atom stereocenters. The summed E-state index contributed by atoms with van der Waals surface area (Å²) < 4.78 is 1.11. The molecule has 1 N–H and O–H groups in total. The Kier molecular flexibility index (Phi) is 4.74. The summed E-state index contributed by atoms with van der Waals surface area (Å²) in [4.78, 5) is 54.1. The second kappa shape index (κ2) is 7.39. The zero-order valence-corrected chi connectivity index (χ0v) is 15.9. The zero-order valence-electron chi connectivity index (χ0n) is 15.9. The van der Waals surface area contributed by atoms with Gasteiger partial charge < -0.3 is 10.2 Å². The van der Waals surface area contributed by atoms with Crippen molar-refractivity contribution in [3.8, 4) is 0 Å². The number of para-hydroxylation sites is 2. The molecule has 0 fully saturated rings. The average Bonchev–Trinajstić information content (AvgIpc) is 2.83. The van der Waals surface area contributed by atoms with Gasteiger partial charge in [-0.1, -0.05) is 12.1 Å². The number of non-ortho nitro benzene ring substituents is 1. The first-order valence-corrected chi connectivity index (χ1v) is 9.19. The molecule has 0 saturated carbocycles. The Morgan fingerprint density at radius 3 is 2.80 bits per heavy atom. The Morgan fingerprint density at radius 2 is 2.03 bits per heavy atom. The van der Waals surface area contributed by atoms with Crippen molar-refractivity contribution in [2.45, 2.75) is 25.9 Å². The number of nitro benzene ring substituents is 1. The van der Waals surface area contributed by atoms with E-state index in [-0.39, 0.29) is 29.9 Å². The standard InChI is InChI=1S/C20H17N5O5/c1-12-8-18(26)22-16-4-2-3-5-17(16)24(12)19(27)10-23-11-21-15-7-6-13(25(29)30)9-14(15)20(23)28/h2-7,9,11-12H,8,10H2,1H3,(H,22,26)/t12-/m0/s1. The zero-order chi connectivity index (χ0) is 21.4. The van der Waals surface area contributed by atoms with Crippen LogP contribution in [0.5, 0.6) is 0 Å². The minimum Gasteiger partial charge on any atom is -0.324 e. The number of hydrogen-bond acceptors (Lipinski definition) is 6. The first kappa shape index (κ1) is 19.2. The number of aromatic nitrogens is 2. The molecular formula is C20H17N5O5. The maximum atomic E-state index is 13.2. The number of amides is 2. The van der Waals surface area contributed by atoms with E-state index in [1.807, 2.05) is 0 Å². The van der Waals surface area contributed by atoms with Gasteiger partial charge in [0.05, 0.1) is 33.5 Å². The molecule has 10 nitrogen and oxygen atoms in total. The molecule has 1 aliphatic heterocycles. The van der Waals surface area contributed by atoms with E-state index in [4.69, 9.17) is 0 Å². The highest BCUT2D eigenvalue weighted by atomic mass is 16.6. The molecule has 10 heteroatoms. The fraction of sp³-hybridized carbons (Fsp3) is 0.200. The molecule has 1 aromatic heterocycles. The van der Waals surface area contributed by atoms with Crippen molar-refractivity contribution in [1.82, 2.24) is 9.55 Å². The lowest BCUT2D eigenvalue weighted by atomic mass is 10.1. The second-order valence-electron chi connectivity index (χ2n) is 7.02. The van der Waals surface area contributed by atoms with Gasteiger partial charge in [0.25, 0.3) is 11.2 Å². The average molecular weight is 407 g/mol. The van der Waals surface area contributed by atoms with Gasteiger partial charge in [0.15, 0.2) is 0 Å². The normalized spacial score (nSPS) is 16.0. The number of nitro groups is 1. The van der Waals surface area contributed by atoms with Crippen LogP contribution < -0.4 is 15.8 Å². The van der Waals surface area contributed by atoms with Gasteiger partial charge in [-0.05, 0) is 25.1 Å². The number of hydrogen-bond donors (Lipinski definition) is 1. The summed E-state index contributed by atoms with van der Waals surface area (Å²) in [6.07, 6.45) is 1.35. The van der Waals surface area contributed by atoms with Gasteiger partial charge in [0.1, 0.15) is 6.54 Å². The summed E-state index contributed by atoms with van der Waals surface area (Å²) in [6.45, 7) is 1.43. The van der Waals surface area contributed by atoms with Gasteiger partial charge >= 0.3 is 0 Å². The van der Waals surface area contributed by atoms with E-state index in [1.165, 1.54) is 23.4 Å². The molecule has 0 unspecified atom stereocenters. The van der Waals surface area contributed by atoms with E-state index in [1.54, 1.807) is 31.2 Å². The summed E-state index contributed by atoms with van der Waals surface area (Å²) >= 11 is 0. The summed E-state index contributed by atoms with van der Waals surface area (Å²) in [5, 5.41) is 13.9. The number of benzene rings is 2. The van der Waals surface area contributed by atoms with Crippen molar-refractivity contribution in [3.63, 3.8) is 0 Å². The lowest BCUT2D eigenvalue weighted by Gasteiger charge is -2.28. The maximum Gasteiger partial charge on any atom is 0.270 e. The third-order valence-corrected chi connectivity index (χ3v) is 4.95. The first-order chi connectivity index (χ1) is 14.3. The highest BCUT2D eigenvalue weighted by Gasteiger charge is 2.29. The van der Waals surface area contributed by atoms with Crippen molar-refractivity contribution in [1.29, 1.82) is 0 Å². The number of nitrogens with one attached hydrogen (secondary N) is 1. The Labute approximate surface area is 169 Å². The number of nitrogens with zero attached hydrogens (tertiary/aromatic N) is 4. The maximum absolute atomic E-state index is 13.2. The monoisotopic (exact) mass is 407 g/mol. The van der Waals surface area contributed by atoms with E-state index in [0.29, 0.717) is 16.9 Å². The molecule has 152 valence electrons. The molecule has 4 rings (SSSR count). The van der Waals surface area contributed by atoms with Crippen LogP contribution in [-0.2, 0) is 16.1 Å². The predicted molar refractivity (Wildman–Crippen MR) is 109 cm³/mol. The molecule has 0 radical (unpaired) electrons. The first-order valence-electron chi connectivity index (χ1n) is 9.19. The fourth-order valence-corrected chi connectivity index (χ4v) is 3.56. The number of carbonyl (C=O) groups is 2. The topological polar surface area (TPSA) is 127 Å². The summed E-state index contributed by atoms with van der Waals surface area (Å²) in [5.74, 6) is -0.609. The van der Waals surface area contributed by atoms with Gasteiger partial charge in [-0.15, -0.1) is 0 Å². The number of anilines is 2. The fourth-order valence-electron chi connectivity index (χ4n) is 3.56. The molecular weight excluding hydrogens is 390 g/mol. The van der Waals surface area contributed by atoms with Crippen LogP contribution in [0.25, 0.3) is 10.9 Å². The molecule has 2 heterocycles. The van der Waals surface area contributed by atoms with Crippen LogP contribution in [0.2, 0.25) is 0 Å². The highest BCUT2D eigenvalue weighted by Crippen LogP contribution is 2.31. The van der Waals surface area contributed by atoms with E-state index in [2.05, 4.69) is 10.3 Å². The molecule has 0 aliphatic carbocycles. The SMILES string of the molecule is C[C@H]1CC(=O)Nc2ccccc2N1C(=O)Cn1cnc2ccc([N+](=O)[O-])cc2c1=O. The van der Waals surface area contributed by atoms with Gasteiger partial charge in [-0.2, -0.15) is 0 Å². The lowest BCUT2D eigenvalue weighted by Crippen LogP contribution is -2.42. The number of fused-ring (bicyclic) bond motifs is 2. The predicted octanol–water partition coefficient (Wildman–Crippen LogP) is 2.07. The highest BCUT2D eigenvalue weighted by molar-refractivity contribution is 6.04. The minimum atomic E-state index is -0.596. The van der Waals surface area contributed by atoms with Crippen LogP contribution in [-0.4, -0.2) is 32.3 Å². The van der Waals surface area contributed by atoms with Crippen LogP contribution in [0.3, 0.4) is 0 Å². The van der Waals surface area contributed by atoms with E-state index >= 15 is 0 Å². The second-order valence-corrected chi connectivity index (χ2v) is 7.02. The van der Waals surface area contributed by atoms with Crippen molar-refractivity contribution >= 4 is 39.8 Å². The van der Waals surface area contributed by atoms with Crippen molar-refractivity contribution in [3.05, 3.63) is 69.3 Å². The largest absolute Gasteiger partial charge is 0.324 e. The lowest BCUT2D eigenvalue weighted by molar-refractivity contribution is -0.384. The van der Waals surface area contributed by atoms with E-state index < -0.39 is 22.4 Å². The molecule has 0 saturated heterocycles. The van der Waals surface area contributed by atoms with Crippen molar-refractivity contribution < 1.29 is 14.5 Å². The Balaban J connectivity index is 1.72. The molecule has 2 aromatic carbocycles. The van der Waals surface area contributed by atoms with Crippen molar-refractivity contribution in [2.75, 3.05) is 10.2 Å². The van der Waals surface area contributed by atoms with Crippen molar-refractivity contribution in [2.24, 2.45) is 0 Å². The third kappa shape index (κ3) is 3.39. The quantitative estimate of drug-likeness (QED) is 0.523. The van der Waals surface area contributed by atoms with Crippen LogP contribution in [0.4, 0.5) is 17.1 Å². The Morgan fingerprint density at radius 1 is 1.27 bits per heavy atom. The molecule has 0 bridgehead atoms. The molecule has 2 amide bonds. The summed E-state index contributed by atoms with van der Waals surface area (Å²) in [6, 6.07) is 10.3. The molecule has 1 aliphatic rings. The number of rotatable bonds is 3. The van der Waals surface area contributed by atoms with Crippen LogP contribution in [0, 0.1) is 10.1 Å². The van der Waals surface area contributed by atoms with E-state index in [9.17, 15) is 24.5 Å². The Bertz CT molecular complexity index is 1250.